The molecule has 1 aromatic heterocycles. The average Bonchev–Trinajstić information content (AvgIpc) is 2.29. The van der Waals surface area contributed by atoms with E-state index in [2.05, 4.69) is 37.0 Å². The Hall–Kier alpha value is -1.64. The molecule has 0 atom stereocenters. The molecule has 0 fully saturated rings. The maximum atomic E-state index is 9.55. The zero-order valence-corrected chi connectivity index (χ0v) is 9.86. The Bertz CT molecular complexity index is 520. The summed E-state index contributed by atoms with van der Waals surface area (Å²) in [5.41, 5.74) is 1.41. The van der Waals surface area contributed by atoms with Crippen LogP contribution in [-0.2, 0) is 5.41 Å². The molecule has 2 rings (SSSR count). The van der Waals surface area contributed by atoms with Crippen molar-refractivity contribution >= 4 is 10.8 Å². The predicted molar refractivity (Wildman–Crippen MR) is 64.5 cm³/mol. The Morgan fingerprint density at radius 3 is 2.75 bits per heavy atom. The summed E-state index contributed by atoms with van der Waals surface area (Å²) in [5, 5.41) is 18.6. The molecule has 16 heavy (non-hydrogen) atoms. The van der Waals surface area contributed by atoms with Gasteiger partial charge in [-0.1, -0.05) is 26.8 Å². The van der Waals surface area contributed by atoms with Gasteiger partial charge in [-0.3, -0.25) is 0 Å². The average molecular weight is 216 g/mol. The summed E-state index contributed by atoms with van der Waals surface area (Å²) < 4.78 is 0. The van der Waals surface area contributed by atoms with Crippen molar-refractivity contribution < 1.29 is 5.11 Å². The summed E-state index contributed by atoms with van der Waals surface area (Å²) in [6.45, 7) is 6.59. The number of hydrogen-bond acceptors (Lipinski definition) is 3. The van der Waals surface area contributed by atoms with Gasteiger partial charge in [-0.15, -0.1) is 5.10 Å². The highest BCUT2D eigenvalue weighted by Gasteiger charge is 2.18. The molecular formula is C13H16N2O. The van der Waals surface area contributed by atoms with E-state index in [1.54, 1.807) is 6.20 Å². The van der Waals surface area contributed by atoms with E-state index in [0.29, 0.717) is 0 Å². The van der Waals surface area contributed by atoms with Gasteiger partial charge < -0.3 is 5.11 Å². The fraction of sp³-hybridized carbons (Fsp3) is 0.385. The van der Waals surface area contributed by atoms with Crippen molar-refractivity contribution in [2.45, 2.75) is 32.6 Å². The van der Waals surface area contributed by atoms with Crippen LogP contribution in [0.3, 0.4) is 0 Å². The lowest BCUT2D eigenvalue weighted by Gasteiger charge is -2.23. The standard InChI is InChI=1S/C13H16N2O/c1-4-13(2,3)10-5-6-11-9(7-10)8-14-15-12(11)16/h5-8H,4H2,1-3H3,(H,15,16). The Balaban J connectivity index is 2.61. The summed E-state index contributed by atoms with van der Waals surface area (Å²) in [7, 11) is 0. The maximum Gasteiger partial charge on any atom is 0.238 e. The number of nitrogens with zero attached hydrogens (tertiary/aromatic N) is 2. The largest absolute Gasteiger partial charge is 0.492 e. The fourth-order valence-electron chi connectivity index (χ4n) is 1.70. The van der Waals surface area contributed by atoms with Crippen LogP contribution in [0.4, 0.5) is 0 Å². The van der Waals surface area contributed by atoms with Crippen molar-refractivity contribution in [1.29, 1.82) is 0 Å². The van der Waals surface area contributed by atoms with E-state index in [4.69, 9.17) is 0 Å². The van der Waals surface area contributed by atoms with Gasteiger partial charge in [0.2, 0.25) is 5.88 Å². The summed E-state index contributed by atoms with van der Waals surface area (Å²) in [6, 6.07) is 6.03. The summed E-state index contributed by atoms with van der Waals surface area (Å²) in [6.07, 6.45) is 2.76. The van der Waals surface area contributed by atoms with E-state index in [1.807, 2.05) is 12.1 Å². The van der Waals surface area contributed by atoms with E-state index in [9.17, 15) is 5.11 Å². The van der Waals surface area contributed by atoms with Gasteiger partial charge in [0.25, 0.3) is 0 Å². The molecule has 0 amide bonds. The molecule has 0 aliphatic heterocycles. The van der Waals surface area contributed by atoms with Crippen LogP contribution < -0.4 is 0 Å². The van der Waals surface area contributed by atoms with Crippen molar-refractivity contribution in [2.24, 2.45) is 0 Å². The second-order valence-electron chi connectivity index (χ2n) is 4.71. The highest BCUT2D eigenvalue weighted by atomic mass is 16.3. The van der Waals surface area contributed by atoms with Gasteiger partial charge in [0.15, 0.2) is 0 Å². The molecule has 3 nitrogen and oxygen atoms in total. The number of fused-ring (bicyclic) bond motifs is 1. The van der Waals surface area contributed by atoms with Gasteiger partial charge in [0.05, 0.1) is 6.20 Å². The highest BCUT2D eigenvalue weighted by molar-refractivity contribution is 5.86. The lowest BCUT2D eigenvalue weighted by Crippen LogP contribution is -2.15. The lowest BCUT2D eigenvalue weighted by molar-refractivity contribution is 0.452. The van der Waals surface area contributed by atoms with Crippen LogP contribution in [0, 0.1) is 0 Å². The molecule has 84 valence electrons. The van der Waals surface area contributed by atoms with Crippen molar-refractivity contribution in [2.75, 3.05) is 0 Å². The minimum absolute atomic E-state index is 0.00152. The normalized spacial score (nSPS) is 11.9. The van der Waals surface area contributed by atoms with Crippen LogP contribution in [0.1, 0.15) is 32.8 Å². The first kappa shape index (κ1) is 10.9. The monoisotopic (exact) mass is 216 g/mol. The number of benzene rings is 1. The first-order chi connectivity index (χ1) is 7.54. The molecule has 1 N–H and O–H groups in total. The molecule has 1 heterocycles. The third-order valence-corrected chi connectivity index (χ3v) is 3.31. The smallest absolute Gasteiger partial charge is 0.238 e. The molecule has 0 bridgehead atoms. The third-order valence-electron chi connectivity index (χ3n) is 3.31. The van der Waals surface area contributed by atoms with Crippen LogP contribution in [0.15, 0.2) is 24.4 Å². The molecule has 0 aliphatic rings. The minimum Gasteiger partial charge on any atom is -0.492 e. The molecule has 0 radical (unpaired) electrons. The predicted octanol–water partition coefficient (Wildman–Crippen LogP) is 3.02. The Labute approximate surface area is 95.1 Å². The second kappa shape index (κ2) is 3.74. The van der Waals surface area contributed by atoms with Crippen LogP contribution in [0.2, 0.25) is 0 Å². The Morgan fingerprint density at radius 2 is 2.06 bits per heavy atom. The van der Waals surface area contributed by atoms with Crippen molar-refractivity contribution in [3.63, 3.8) is 0 Å². The number of aromatic hydroxyl groups is 1. The van der Waals surface area contributed by atoms with Gasteiger partial charge >= 0.3 is 0 Å². The van der Waals surface area contributed by atoms with Gasteiger partial charge in [-0.05, 0) is 29.5 Å². The fourth-order valence-corrected chi connectivity index (χ4v) is 1.70. The van der Waals surface area contributed by atoms with Gasteiger partial charge in [0.1, 0.15) is 0 Å². The van der Waals surface area contributed by atoms with Gasteiger partial charge in [-0.2, -0.15) is 5.10 Å². The van der Waals surface area contributed by atoms with E-state index >= 15 is 0 Å². The highest BCUT2D eigenvalue weighted by Crippen LogP contribution is 2.30. The summed E-state index contributed by atoms with van der Waals surface area (Å²) in [4.78, 5) is 0. The van der Waals surface area contributed by atoms with Crippen LogP contribution in [0.25, 0.3) is 10.8 Å². The van der Waals surface area contributed by atoms with E-state index in [-0.39, 0.29) is 11.3 Å². The molecule has 0 spiro atoms. The van der Waals surface area contributed by atoms with Crippen molar-refractivity contribution in [1.82, 2.24) is 10.2 Å². The molecule has 2 aromatic rings. The van der Waals surface area contributed by atoms with Gasteiger partial charge in [-0.25, -0.2) is 0 Å². The van der Waals surface area contributed by atoms with Crippen molar-refractivity contribution in [3.05, 3.63) is 30.0 Å². The van der Waals surface area contributed by atoms with Crippen LogP contribution in [0.5, 0.6) is 5.88 Å². The van der Waals surface area contributed by atoms with Crippen LogP contribution in [-0.4, -0.2) is 15.3 Å². The Kier molecular flexibility index (Phi) is 2.54. The first-order valence-electron chi connectivity index (χ1n) is 5.49. The quantitative estimate of drug-likeness (QED) is 0.839. The number of rotatable bonds is 2. The molecule has 0 saturated carbocycles. The van der Waals surface area contributed by atoms with Crippen LogP contribution >= 0.6 is 0 Å². The van der Waals surface area contributed by atoms with Gasteiger partial charge in [0, 0.05) is 10.8 Å². The van der Waals surface area contributed by atoms with E-state index < -0.39 is 0 Å². The lowest BCUT2D eigenvalue weighted by atomic mass is 9.82. The summed E-state index contributed by atoms with van der Waals surface area (Å²) >= 11 is 0. The molecule has 3 heteroatoms. The molecule has 0 saturated heterocycles. The topological polar surface area (TPSA) is 46.0 Å². The Morgan fingerprint density at radius 1 is 1.31 bits per heavy atom. The van der Waals surface area contributed by atoms with E-state index in [1.165, 1.54) is 5.56 Å². The number of hydrogen-bond donors (Lipinski definition) is 1. The third kappa shape index (κ3) is 1.73. The zero-order valence-electron chi connectivity index (χ0n) is 9.86. The summed E-state index contributed by atoms with van der Waals surface area (Å²) in [5.74, 6) is -0.00152. The maximum absolute atomic E-state index is 9.55. The first-order valence-corrected chi connectivity index (χ1v) is 5.49. The zero-order chi connectivity index (χ0) is 11.8. The molecule has 0 unspecified atom stereocenters. The van der Waals surface area contributed by atoms with E-state index in [0.717, 1.165) is 17.2 Å². The minimum atomic E-state index is -0.00152. The number of aromatic nitrogens is 2. The second-order valence-corrected chi connectivity index (χ2v) is 4.71. The molecular weight excluding hydrogens is 200 g/mol. The van der Waals surface area contributed by atoms with Crippen molar-refractivity contribution in [3.8, 4) is 5.88 Å². The molecule has 0 aliphatic carbocycles. The SMILES string of the molecule is CCC(C)(C)c1ccc2c(O)nncc2c1. The molecule has 1 aromatic carbocycles.